The largest absolute Gasteiger partial charge is 0.481 e. The first-order valence-electron chi connectivity index (χ1n) is 5.82. The van der Waals surface area contributed by atoms with Crippen LogP contribution in [0, 0.1) is 11.8 Å². The molecule has 17 heavy (non-hydrogen) atoms. The number of carbonyl (C=O) groups is 2. The average molecular weight is 244 g/mol. The number of aliphatic hydroxyl groups excluding tert-OH is 1. The van der Waals surface area contributed by atoms with Gasteiger partial charge in [0.25, 0.3) is 0 Å². The second-order valence-electron chi connectivity index (χ2n) is 5.62. The third-order valence-corrected chi connectivity index (χ3v) is 2.86. The minimum atomic E-state index is -0.907. The molecule has 98 valence electrons. The Morgan fingerprint density at radius 3 is 2.29 bits per heavy atom. The SMILES string of the molecule is CC(C)(C)OC(=O)C[C@H]1C[C@@H](C(=O)O)C[C@H]1O. The number of hydrogen-bond donors (Lipinski definition) is 2. The van der Waals surface area contributed by atoms with Crippen LogP contribution < -0.4 is 0 Å². The summed E-state index contributed by atoms with van der Waals surface area (Å²) in [7, 11) is 0. The van der Waals surface area contributed by atoms with Crippen LogP contribution in [0.2, 0.25) is 0 Å². The number of hydrogen-bond acceptors (Lipinski definition) is 4. The first kappa shape index (κ1) is 14.0. The van der Waals surface area contributed by atoms with E-state index in [1.54, 1.807) is 20.8 Å². The standard InChI is InChI=1S/C12H20O5/c1-12(2,3)17-10(14)6-7-4-8(11(15)16)5-9(7)13/h7-9,13H,4-6H2,1-3H3,(H,15,16)/t7-,8-,9-/m1/s1. The average Bonchev–Trinajstić information content (AvgIpc) is 2.44. The van der Waals surface area contributed by atoms with Gasteiger partial charge in [-0.3, -0.25) is 9.59 Å². The normalized spacial score (nSPS) is 29.1. The molecule has 0 aromatic carbocycles. The molecule has 0 unspecified atom stereocenters. The molecule has 2 N–H and O–H groups in total. The lowest BCUT2D eigenvalue weighted by molar-refractivity contribution is -0.157. The van der Waals surface area contributed by atoms with Crippen LogP contribution in [0.5, 0.6) is 0 Å². The lowest BCUT2D eigenvalue weighted by atomic mass is 10.0. The van der Waals surface area contributed by atoms with E-state index in [0.717, 1.165) is 0 Å². The van der Waals surface area contributed by atoms with Crippen LogP contribution in [-0.4, -0.2) is 33.9 Å². The summed E-state index contributed by atoms with van der Waals surface area (Å²) in [4.78, 5) is 22.3. The molecule has 3 atom stereocenters. The Morgan fingerprint density at radius 1 is 1.29 bits per heavy atom. The van der Waals surface area contributed by atoms with Crippen molar-refractivity contribution in [1.29, 1.82) is 0 Å². The maximum absolute atomic E-state index is 11.6. The van der Waals surface area contributed by atoms with Crippen LogP contribution in [0.15, 0.2) is 0 Å². The fraction of sp³-hybridized carbons (Fsp3) is 0.833. The zero-order valence-electron chi connectivity index (χ0n) is 10.5. The second kappa shape index (κ2) is 5.04. The lowest BCUT2D eigenvalue weighted by Crippen LogP contribution is -2.27. The minimum absolute atomic E-state index is 0.0855. The van der Waals surface area contributed by atoms with E-state index in [1.807, 2.05) is 0 Å². The fourth-order valence-electron chi connectivity index (χ4n) is 2.12. The van der Waals surface area contributed by atoms with Gasteiger partial charge in [-0.05, 0) is 39.5 Å². The summed E-state index contributed by atoms with van der Waals surface area (Å²) < 4.78 is 5.15. The number of esters is 1. The third kappa shape index (κ3) is 4.34. The zero-order valence-corrected chi connectivity index (χ0v) is 10.5. The van der Waals surface area contributed by atoms with Crippen LogP contribution >= 0.6 is 0 Å². The molecule has 5 nitrogen and oxygen atoms in total. The lowest BCUT2D eigenvalue weighted by Gasteiger charge is -2.21. The summed E-state index contributed by atoms with van der Waals surface area (Å²) >= 11 is 0. The highest BCUT2D eigenvalue weighted by Gasteiger charge is 2.38. The molecule has 1 fully saturated rings. The Hall–Kier alpha value is -1.10. The van der Waals surface area contributed by atoms with Gasteiger partial charge in [0.1, 0.15) is 5.60 Å². The molecular formula is C12H20O5. The molecule has 0 amide bonds. The molecule has 0 bridgehead atoms. The van der Waals surface area contributed by atoms with E-state index in [-0.39, 0.29) is 24.7 Å². The molecule has 0 spiro atoms. The van der Waals surface area contributed by atoms with E-state index >= 15 is 0 Å². The number of carboxylic acid groups (broad SMARTS) is 1. The number of carbonyl (C=O) groups excluding carboxylic acids is 1. The number of rotatable bonds is 3. The van der Waals surface area contributed by atoms with Gasteiger partial charge in [-0.25, -0.2) is 0 Å². The molecule has 0 aliphatic heterocycles. The Kier molecular flexibility index (Phi) is 4.14. The number of ether oxygens (including phenoxy) is 1. The molecular weight excluding hydrogens is 224 g/mol. The van der Waals surface area contributed by atoms with Crippen LogP contribution in [0.1, 0.15) is 40.0 Å². The quantitative estimate of drug-likeness (QED) is 0.728. The van der Waals surface area contributed by atoms with Crippen LogP contribution in [-0.2, 0) is 14.3 Å². The maximum Gasteiger partial charge on any atom is 0.306 e. The van der Waals surface area contributed by atoms with Gasteiger partial charge in [-0.2, -0.15) is 0 Å². The van der Waals surface area contributed by atoms with Gasteiger partial charge >= 0.3 is 11.9 Å². The molecule has 0 aromatic rings. The topological polar surface area (TPSA) is 83.8 Å². The van der Waals surface area contributed by atoms with E-state index in [2.05, 4.69) is 0 Å². The summed E-state index contributed by atoms with van der Waals surface area (Å²) in [6.45, 7) is 5.32. The van der Waals surface area contributed by atoms with Crippen molar-refractivity contribution < 1.29 is 24.5 Å². The van der Waals surface area contributed by atoms with Crippen molar-refractivity contribution in [3.63, 3.8) is 0 Å². The summed E-state index contributed by atoms with van der Waals surface area (Å²) in [5, 5.41) is 18.5. The van der Waals surface area contributed by atoms with Gasteiger partial charge in [-0.15, -0.1) is 0 Å². The van der Waals surface area contributed by atoms with E-state index in [1.165, 1.54) is 0 Å². The number of aliphatic carboxylic acids is 1. The van der Waals surface area contributed by atoms with Crippen molar-refractivity contribution in [3.05, 3.63) is 0 Å². The molecule has 1 aliphatic rings. The second-order valence-corrected chi connectivity index (χ2v) is 5.62. The zero-order chi connectivity index (χ0) is 13.2. The highest BCUT2D eigenvalue weighted by Crippen LogP contribution is 2.34. The smallest absolute Gasteiger partial charge is 0.306 e. The molecule has 1 saturated carbocycles. The summed E-state index contributed by atoms with van der Waals surface area (Å²) in [5.41, 5.74) is -0.549. The van der Waals surface area contributed by atoms with E-state index in [9.17, 15) is 14.7 Å². The number of aliphatic hydroxyl groups is 1. The van der Waals surface area contributed by atoms with Crippen LogP contribution in [0.3, 0.4) is 0 Å². The molecule has 0 radical (unpaired) electrons. The van der Waals surface area contributed by atoms with Gasteiger partial charge < -0.3 is 14.9 Å². The van der Waals surface area contributed by atoms with E-state index in [0.29, 0.717) is 6.42 Å². The first-order valence-corrected chi connectivity index (χ1v) is 5.82. The molecule has 5 heteroatoms. The highest BCUT2D eigenvalue weighted by atomic mass is 16.6. The maximum atomic E-state index is 11.6. The van der Waals surface area contributed by atoms with E-state index in [4.69, 9.17) is 9.84 Å². The number of carboxylic acids is 1. The summed E-state index contributed by atoms with van der Waals surface area (Å²) in [5.74, 6) is -2.13. The highest BCUT2D eigenvalue weighted by molar-refractivity contribution is 5.72. The molecule has 0 heterocycles. The molecule has 1 aliphatic carbocycles. The van der Waals surface area contributed by atoms with Crippen LogP contribution in [0.4, 0.5) is 0 Å². The van der Waals surface area contributed by atoms with Crippen molar-refractivity contribution in [1.82, 2.24) is 0 Å². The predicted octanol–water partition coefficient (Wildman–Crippen LogP) is 1.19. The fourth-order valence-corrected chi connectivity index (χ4v) is 2.12. The summed E-state index contributed by atoms with van der Waals surface area (Å²) in [6, 6.07) is 0. The monoisotopic (exact) mass is 244 g/mol. The third-order valence-electron chi connectivity index (χ3n) is 2.86. The molecule has 0 aromatic heterocycles. The van der Waals surface area contributed by atoms with Gasteiger partial charge in [0.05, 0.1) is 18.4 Å². The Bertz CT molecular complexity index is 305. The Labute approximate surface area is 101 Å². The van der Waals surface area contributed by atoms with Crippen molar-refractivity contribution in [2.75, 3.05) is 0 Å². The van der Waals surface area contributed by atoms with Crippen molar-refractivity contribution in [2.24, 2.45) is 11.8 Å². The van der Waals surface area contributed by atoms with Crippen molar-refractivity contribution >= 4 is 11.9 Å². The Balaban J connectivity index is 2.47. The van der Waals surface area contributed by atoms with Gasteiger partial charge in [0.15, 0.2) is 0 Å². The van der Waals surface area contributed by atoms with E-state index < -0.39 is 23.6 Å². The predicted molar refractivity (Wildman–Crippen MR) is 60.3 cm³/mol. The molecule has 0 saturated heterocycles. The van der Waals surface area contributed by atoms with Crippen LogP contribution in [0.25, 0.3) is 0 Å². The van der Waals surface area contributed by atoms with Gasteiger partial charge in [0.2, 0.25) is 0 Å². The van der Waals surface area contributed by atoms with Gasteiger partial charge in [-0.1, -0.05) is 0 Å². The Morgan fingerprint density at radius 2 is 1.88 bits per heavy atom. The molecule has 1 rings (SSSR count). The van der Waals surface area contributed by atoms with Crippen molar-refractivity contribution in [2.45, 2.75) is 51.7 Å². The van der Waals surface area contributed by atoms with Gasteiger partial charge in [0, 0.05) is 0 Å². The first-order chi connectivity index (χ1) is 7.69. The van der Waals surface area contributed by atoms with Crippen molar-refractivity contribution in [3.8, 4) is 0 Å². The summed E-state index contributed by atoms with van der Waals surface area (Å²) in [6.07, 6.45) is -0.0653. The minimum Gasteiger partial charge on any atom is -0.481 e.